The number of para-hydroxylation sites is 1. The third-order valence-electron chi connectivity index (χ3n) is 2.97. The molecule has 0 atom stereocenters. The summed E-state index contributed by atoms with van der Waals surface area (Å²) >= 11 is 3.35. The largest absolute Gasteiger partial charge is 0.481 e. The highest BCUT2D eigenvalue weighted by Crippen LogP contribution is 2.22. The number of benzene rings is 2. The van der Waals surface area contributed by atoms with E-state index in [2.05, 4.69) is 15.9 Å². The Kier molecular flexibility index (Phi) is 5.11. The fraction of sp³-hybridized carbons (Fsp3) is 0.125. The number of carbonyl (C=O) groups excluding carboxylic acids is 1. The molecule has 0 spiro atoms. The van der Waals surface area contributed by atoms with Crippen molar-refractivity contribution in [1.29, 1.82) is 0 Å². The molecule has 0 bridgehead atoms. The lowest BCUT2D eigenvalue weighted by atomic mass is 10.1. The molecule has 21 heavy (non-hydrogen) atoms. The SMILES string of the molecule is O=C(O)CCN(C(=O)c1ccccc1Br)c1ccccc1. The van der Waals surface area contributed by atoms with Crippen LogP contribution in [0.5, 0.6) is 0 Å². The van der Waals surface area contributed by atoms with Crippen LogP contribution in [0.1, 0.15) is 16.8 Å². The van der Waals surface area contributed by atoms with Crippen LogP contribution in [-0.2, 0) is 4.79 Å². The van der Waals surface area contributed by atoms with E-state index in [1.165, 1.54) is 4.90 Å². The highest BCUT2D eigenvalue weighted by molar-refractivity contribution is 9.10. The van der Waals surface area contributed by atoms with Crippen molar-refractivity contribution in [3.8, 4) is 0 Å². The smallest absolute Gasteiger partial charge is 0.305 e. The standard InChI is InChI=1S/C16H14BrNO3/c17-14-9-5-4-8-13(14)16(21)18(11-10-15(19)20)12-6-2-1-3-7-12/h1-9H,10-11H2,(H,19,20). The van der Waals surface area contributed by atoms with Gasteiger partial charge >= 0.3 is 5.97 Å². The fourth-order valence-electron chi connectivity index (χ4n) is 1.94. The first kappa shape index (κ1) is 15.3. The zero-order valence-corrected chi connectivity index (χ0v) is 12.8. The van der Waals surface area contributed by atoms with E-state index in [1.807, 2.05) is 24.3 Å². The molecule has 0 radical (unpaired) electrons. The van der Waals surface area contributed by atoms with Crippen LogP contribution in [-0.4, -0.2) is 23.5 Å². The Labute approximate surface area is 131 Å². The van der Waals surface area contributed by atoms with Gasteiger partial charge in [-0.1, -0.05) is 30.3 Å². The Morgan fingerprint density at radius 2 is 1.62 bits per heavy atom. The second-order valence-electron chi connectivity index (χ2n) is 4.42. The summed E-state index contributed by atoms with van der Waals surface area (Å²) < 4.78 is 0.686. The molecule has 2 rings (SSSR count). The monoisotopic (exact) mass is 347 g/mol. The number of anilines is 1. The number of carboxylic acids is 1. The summed E-state index contributed by atoms with van der Waals surface area (Å²) in [6.07, 6.45) is -0.106. The number of hydrogen-bond acceptors (Lipinski definition) is 2. The number of halogens is 1. The Balaban J connectivity index is 2.33. The highest BCUT2D eigenvalue weighted by Gasteiger charge is 2.20. The quantitative estimate of drug-likeness (QED) is 0.899. The predicted octanol–water partition coefficient (Wildman–Crippen LogP) is 3.57. The van der Waals surface area contributed by atoms with Gasteiger partial charge in [0.25, 0.3) is 5.91 Å². The average Bonchev–Trinajstić information content (AvgIpc) is 2.48. The lowest BCUT2D eigenvalue weighted by Crippen LogP contribution is -2.33. The number of nitrogens with zero attached hydrogens (tertiary/aromatic N) is 1. The molecule has 0 saturated carbocycles. The van der Waals surface area contributed by atoms with Crippen LogP contribution in [0.15, 0.2) is 59.1 Å². The van der Waals surface area contributed by atoms with E-state index in [1.54, 1.807) is 30.3 Å². The molecule has 2 aromatic rings. The topological polar surface area (TPSA) is 57.6 Å². The minimum Gasteiger partial charge on any atom is -0.481 e. The van der Waals surface area contributed by atoms with E-state index in [-0.39, 0.29) is 18.9 Å². The van der Waals surface area contributed by atoms with Crippen molar-refractivity contribution in [3.63, 3.8) is 0 Å². The molecule has 0 heterocycles. The maximum atomic E-state index is 12.7. The third kappa shape index (κ3) is 3.92. The summed E-state index contributed by atoms with van der Waals surface area (Å²) in [6, 6.07) is 16.2. The molecule has 5 heteroatoms. The van der Waals surface area contributed by atoms with Gasteiger partial charge in [0.2, 0.25) is 0 Å². The number of amides is 1. The van der Waals surface area contributed by atoms with E-state index < -0.39 is 5.97 Å². The van der Waals surface area contributed by atoms with E-state index in [9.17, 15) is 9.59 Å². The molecule has 2 aromatic carbocycles. The molecule has 4 nitrogen and oxygen atoms in total. The van der Waals surface area contributed by atoms with Crippen LogP contribution >= 0.6 is 15.9 Å². The Bertz CT molecular complexity index is 643. The number of rotatable bonds is 5. The summed E-state index contributed by atoms with van der Waals surface area (Å²) in [5.74, 6) is -1.16. The summed E-state index contributed by atoms with van der Waals surface area (Å²) in [6.45, 7) is 0.125. The maximum Gasteiger partial charge on any atom is 0.305 e. The molecule has 1 N–H and O–H groups in total. The van der Waals surface area contributed by atoms with Crippen LogP contribution in [0.2, 0.25) is 0 Å². The van der Waals surface area contributed by atoms with Crippen molar-refractivity contribution < 1.29 is 14.7 Å². The Hall–Kier alpha value is -2.14. The zero-order valence-electron chi connectivity index (χ0n) is 11.2. The second-order valence-corrected chi connectivity index (χ2v) is 5.27. The Morgan fingerprint density at radius 1 is 1.00 bits per heavy atom. The lowest BCUT2D eigenvalue weighted by molar-refractivity contribution is -0.136. The Morgan fingerprint density at radius 3 is 2.24 bits per heavy atom. The van der Waals surface area contributed by atoms with Crippen molar-refractivity contribution in [2.24, 2.45) is 0 Å². The van der Waals surface area contributed by atoms with Crippen LogP contribution in [0, 0.1) is 0 Å². The van der Waals surface area contributed by atoms with Gasteiger partial charge in [-0.15, -0.1) is 0 Å². The summed E-state index contributed by atoms with van der Waals surface area (Å²) in [5, 5.41) is 8.87. The normalized spacial score (nSPS) is 10.1. The van der Waals surface area contributed by atoms with Gasteiger partial charge in [0.1, 0.15) is 0 Å². The molecule has 0 fully saturated rings. The average molecular weight is 348 g/mol. The minimum atomic E-state index is -0.934. The van der Waals surface area contributed by atoms with E-state index in [4.69, 9.17) is 5.11 Å². The van der Waals surface area contributed by atoms with Gasteiger partial charge in [0.15, 0.2) is 0 Å². The number of carboxylic acid groups (broad SMARTS) is 1. The van der Waals surface area contributed by atoms with E-state index >= 15 is 0 Å². The molecule has 0 aliphatic carbocycles. The van der Waals surface area contributed by atoms with Gasteiger partial charge in [-0.25, -0.2) is 0 Å². The molecule has 0 saturated heterocycles. The van der Waals surface area contributed by atoms with E-state index in [0.29, 0.717) is 15.7 Å². The first-order valence-corrected chi connectivity index (χ1v) is 7.22. The first-order valence-electron chi connectivity index (χ1n) is 6.43. The number of carbonyl (C=O) groups is 2. The number of hydrogen-bond donors (Lipinski definition) is 1. The predicted molar refractivity (Wildman–Crippen MR) is 84.5 cm³/mol. The minimum absolute atomic E-state index is 0.106. The van der Waals surface area contributed by atoms with Crippen LogP contribution in [0.3, 0.4) is 0 Å². The summed E-state index contributed by atoms with van der Waals surface area (Å²) in [7, 11) is 0. The third-order valence-corrected chi connectivity index (χ3v) is 3.66. The second kappa shape index (κ2) is 7.04. The lowest BCUT2D eigenvalue weighted by Gasteiger charge is -2.22. The van der Waals surface area contributed by atoms with Crippen molar-refractivity contribution in [2.75, 3.05) is 11.4 Å². The van der Waals surface area contributed by atoms with Crippen molar-refractivity contribution in [2.45, 2.75) is 6.42 Å². The molecular formula is C16H14BrNO3. The maximum absolute atomic E-state index is 12.7. The molecule has 108 valence electrons. The van der Waals surface area contributed by atoms with Crippen LogP contribution in [0.4, 0.5) is 5.69 Å². The summed E-state index contributed by atoms with van der Waals surface area (Å²) in [4.78, 5) is 25.0. The fourth-order valence-corrected chi connectivity index (χ4v) is 2.40. The molecule has 0 aliphatic rings. The zero-order chi connectivity index (χ0) is 15.2. The number of aliphatic carboxylic acids is 1. The van der Waals surface area contributed by atoms with Crippen molar-refractivity contribution in [3.05, 3.63) is 64.6 Å². The van der Waals surface area contributed by atoms with Gasteiger partial charge in [0, 0.05) is 16.7 Å². The molecular weight excluding hydrogens is 334 g/mol. The highest BCUT2D eigenvalue weighted by atomic mass is 79.9. The molecule has 0 unspecified atom stereocenters. The molecule has 1 amide bonds. The van der Waals surface area contributed by atoms with E-state index in [0.717, 1.165) is 0 Å². The van der Waals surface area contributed by atoms with Gasteiger partial charge in [-0.2, -0.15) is 0 Å². The van der Waals surface area contributed by atoms with Crippen molar-refractivity contribution in [1.82, 2.24) is 0 Å². The van der Waals surface area contributed by atoms with Gasteiger partial charge in [-0.05, 0) is 40.2 Å². The van der Waals surface area contributed by atoms with Crippen LogP contribution in [0.25, 0.3) is 0 Å². The van der Waals surface area contributed by atoms with Gasteiger partial charge in [-0.3, -0.25) is 9.59 Å². The molecule has 0 aromatic heterocycles. The van der Waals surface area contributed by atoms with Crippen LogP contribution < -0.4 is 4.90 Å². The van der Waals surface area contributed by atoms with Crippen molar-refractivity contribution >= 4 is 33.5 Å². The summed E-state index contributed by atoms with van der Waals surface area (Å²) in [5.41, 5.74) is 1.19. The van der Waals surface area contributed by atoms with Gasteiger partial charge < -0.3 is 10.0 Å². The van der Waals surface area contributed by atoms with Gasteiger partial charge in [0.05, 0.1) is 12.0 Å². The molecule has 0 aliphatic heterocycles. The first-order chi connectivity index (χ1) is 10.1.